The first kappa shape index (κ1) is 20.0. The van der Waals surface area contributed by atoms with Gasteiger partial charge >= 0.3 is 13.2 Å². The van der Waals surface area contributed by atoms with Gasteiger partial charge in [-0.2, -0.15) is 0 Å². The number of nitrogens with one attached hydrogen (secondary N) is 1. The number of pyridine rings is 1. The van der Waals surface area contributed by atoms with E-state index in [0.717, 1.165) is 11.8 Å². The van der Waals surface area contributed by atoms with E-state index in [1.165, 1.54) is 6.07 Å². The molecule has 0 spiro atoms. The topological polar surface area (TPSA) is 141 Å². The van der Waals surface area contributed by atoms with Crippen LogP contribution in [0.4, 0.5) is 20.6 Å². The molecule has 0 aliphatic carbocycles. The standard InChI is InChI=1S/C16H17BFN3O6S/c18-3-4-26-16(22)21-14-6-12(19)7-20-15(14)28(24,25)9-10-1-2-11-8-27-17(23)13(11)5-10/h1-2,5-7,23H,3-4,8-9,19H2,(H,21,22). The predicted molar refractivity (Wildman–Crippen MR) is 99.3 cm³/mol. The van der Waals surface area contributed by atoms with Gasteiger partial charge in [0.2, 0.25) is 9.84 Å². The Bertz CT molecular complexity index is 1000. The summed E-state index contributed by atoms with van der Waals surface area (Å²) in [6.45, 7) is -1.09. The normalized spacial score (nSPS) is 13.3. The molecule has 0 saturated heterocycles. The second-order valence-electron chi connectivity index (χ2n) is 6.03. The van der Waals surface area contributed by atoms with Crippen molar-refractivity contribution in [3.05, 3.63) is 41.6 Å². The Labute approximate surface area is 160 Å². The van der Waals surface area contributed by atoms with Crippen LogP contribution >= 0.6 is 0 Å². The minimum Gasteiger partial charge on any atom is -0.447 e. The highest BCUT2D eigenvalue weighted by molar-refractivity contribution is 7.90. The average molecular weight is 409 g/mol. The third-order valence-corrected chi connectivity index (χ3v) is 5.57. The van der Waals surface area contributed by atoms with E-state index in [4.69, 9.17) is 10.4 Å². The van der Waals surface area contributed by atoms with E-state index in [0.29, 0.717) is 11.0 Å². The highest BCUT2D eigenvalue weighted by Gasteiger charge is 2.29. The molecule has 28 heavy (non-hydrogen) atoms. The van der Waals surface area contributed by atoms with Crippen LogP contribution in [0.25, 0.3) is 0 Å². The number of amides is 1. The fraction of sp³-hybridized carbons (Fsp3) is 0.250. The molecule has 0 atom stereocenters. The van der Waals surface area contributed by atoms with Gasteiger partial charge in [-0.1, -0.05) is 18.2 Å². The zero-order valence-electron chi connectivity index (χ0n) is 14.6. The summed E-state index contributed by atoms with van der Waals surface area (Å²) < 4.78 is 47.5. The van der Waals surface area contributed by atoms with E-state index in [2.05, 4.69) is 15.0 Å². The van der Waals surface area contributed by atoms with Gasteiger partial charge in [0.05, 0.1) is 29.9 Å². The van der Waals surface area contributed by atoms with E-state index >= 15 is 0 Å². The van der Waals surface area contributed by atoms with Gasteiger partial charge in [-0.3, -0.25) is 5.32 Å². The van der Waals surface area contributed by atoms with Crippen molar-refractivity contribution < 1.29 is 32.0 Å². The van der Waals surface area contributed by atoms with Crippen LogP contribution in [0.1, 0.15) is 11.1 Å². The summed E-state index contributed by atoms with van der Waals surface area (Å²) in [6, 6.07) is 6.05. The number of halogens is 1. The van der Waals surface area contributed by atoms with E-state index in [1.807, 2.05) is 0 Å². The molecule has 0 saturated carbocycles. The smallest absolute Gasteiger partial charge is 0.447 e. The van der Waals surface area contributed by atoms with Crippen LogP contribution in [0.15, 0.2) is 35.5 Å². The summed E-state index contributed by atoms with van der Waals surface area (Å²) >= 11 is 0. The van der Waals surface area contributed by atoms with Gasteiger partial charge in [-0.25, -0.2) is 22.6 Å². The highest BCUT2D eigenvalue weighted by Crippen LogP contribution is 2.25. The van der Waals surface area contributed by atoms with Crippen LogP contribution in [0, 0.1) is 0 Å². The first-order valence-electron chi connectivity index (χ1n) is 8.19. The molecule has 3 rings (SSSR count). The first-order valence-corrected chi connectivity index (χ1v) is 9.85. The number of sulfone groups is 1. The van der Waals surface area contributed by atoms with Crippen LogP contribution in [0.5, 0.6) is 0 Å². The maximum atomic E-state index is 12.9. The summed E-state index contributed by atoms with van der Waals surface area (Å²) in [7, 11) is -5.10. The lowest BCUT2D eigenvalue weighted by molar-refractivity contribution is 0.152. The number of anilines is 2. The Balaban J connectivity index is 1.87. The van der Waals surface area contributed by atoms with Gasteiger partial charge in [-0.05, 0) is 22.7 Å². The first-order chi connectivity index (χ1) is 13.3. The van der Waals surface area contributed by atoms with E-state index in [1.54, 1.807) is 18.2 Å². The number of hydrogen-bond acceptors (Lipinski definition) is 8. The number of fused-ring (bicyclic) bond motifs is 1. The number of hydrogen-bond donors (Lipinski definition) is 3. The molecule has 1 aromatic carbocycles. The van der Waals surface area contributed by atoms with Crippen LogP contribution in [-0.2, 0) is 31.6 Å². The monoisotopic (exact) mass is 409 g/mol. The number of nitrogen functional groups attached to an aromatic ring is 1. The third-order valence-electron chi connectivity index (χ3n) is 3.94. The summed E-state index contributed by atoms with van der Waals surface area (Å²) in [5, 5.41) is 11.6. The Morgan fingerprint density at radius 1 is 1.43 bits per heavy atom. The fourth-order valence-corrected chi connectivity index (χ4v) is 4.14. The molecule has 2 heterocycles. The van der Waals surface area contributed by atoms with Crippen LogP contribution in [0.3, 0.4) is 0 Å². The molecule has 4 N–H and O–H groups in total. The Hall–Kier alpha value is -2.70. The van der Waals surface area contributed by atoms with Crippen molar-refractivity contribution >= 4 is 39.9 Å². The summed E-state index contributed by atoms with van der Waals surface area (Å²) in [5.74, 6) is -0.432. The lowest BCUT2D eigenvalue weighted by atomic mass is 9.79. The molecule has 12 heteroatoms. The SMILES string of the molecule is Nc1cnc(S(=O)(=O)Cc2ccc3c(c2)B(O)OC3)c(NC(=O)OCCF)c1. The fourth-order valence-electron chi connectivity index (χ4n) is 2.72. The number of carbonyl (C=O) groups excluding carboxylic acids is 1. The second kappa shape index (κ2) is 8.13. The van der Waals surface area contributed by atoms with Crippen molar-refractivity contribution in [1.29, 1.82) is 0 Å². The molecule has 9 nitrogen and oxygen atoms in total. The molecule has 0 fully saturated rings. The number of rotatable bonds is 6. The van der Waals surface area contributed by atoms with E-state index < -0.39 is 47.1 Å². The molecular weight excluding hydrogens is 392 g/mol. The van der Waals surface area contributed by atoms with E-state index in [-0.39, 0.29) is 18.0 Å². The molecule has 148 valence electrons. The van der Waals surface area contributed by atoms with Crippen molar-refractivity contribution in [2.75, 3.05) is 24.3 Å². The van der Waals surface area contributed by atoms with Gasteiger partial charge < -0.3 is 20.1 Å². The quantitative estimate of drug-likeness (QED) is 0.582. The van der Waals surface area contributed by atoms with Crippen molar-refractivity contribution in [3.63, 3.8) is 0 Å². The third kappa shape index (κ3) is 4.40. The molecule has 1 aliphatic heterocycles. The average Bonchev–Trinajstić information content (AvgIpc) is 3.00. The molecule has 1 aliphatic rings. The summed E-state index contributed by atoms with van der Waals surface area (Å²) in [5.41, 5.74) is 7.27. The van der Waals surface area contributed by atoms with Crippen molar-refractivity contribution in [1.82, 2.24) is 4.98 Å². The highest BCUT2D eigenvalue weighted by atomic mass is 32.2. The van der Waals surface area contributed by atoms with Crippen molar-refractivity contribution in [3.8, 4) is 0 Å². The van der Waals surface area contributed by atoms with Crippen molar-refractivity contribution in [2.45, 2.75) is 17.4 Å². The minimum atomic E-state index is -4.00. The van der Waals surface area contributed by atoms with Crippen molar-refractivity contribution in [2.24, 2.45) is 0 Å². The molecule has 0 unspecified atom stereocenters. The number of carbonyl (C=O) groups is 1. The lowest BCUT2D eigenvalue weighted by Crippen LogP contribution is -2.28. The molecule has 1 aromatic heterocycles. The zero-order valence-corrected chi connectivity index (χ0v) is 15.4. The van der Waals surface area contributed by atoms with Gasteiger partial charge in [0.1, 0.15) is 13.3 Å². The van der Waals surface area contributed by atoms with Gasteiger partial charge in [0.25, 0.3) is 0 Å². The number of ether oxygens (including phenoxy) is 1. The maximum Gasteiger partial charge on any atom is 0.491 e. The summed E-state index contributed by atoms with van der Waals surface area (Å²) in [6.07, 6.45) is 0.116. The largest absolute Gasteiger partial charge is 0.491 e. The predicted octanol–water partition coefficient (Wildman–Crippen LogP) is 0.373. The van der Waals surface area contributed by atoms with E-state index in [9.17, 15) is 22.6 Å². The maximum absolute atomic E-state index is 12.9. The molecule has 0 bridgehead atoms. The lowest BCUT2D eigenvalue weighted by Gasteiger charge is -2.12. The Morgan fingerprint density at radius 3 is 2.96 bits per heavy atom. The molecule has 0 radical (unpaired) electrons. The van der Waals surface area contributed by atoms with Crippen LogP contribution in [-0.4, -0.2) is 44.9 Å². The molecule has 1 amide bonds. The molecular formula is C16H17BFN3O6S. The zero-order chi connectivity index (χ0) is 20.3. The summed E-state index contributed by atoms with van der Waals surface area (Å²) in [4.78, 5) is 15.5. The number of aromatic nitrogens is 1. The van der Waals surface area contributed by atoms with Gasteiger partial charge in [0, 0.05) is 0 Å². The second-order valence-corrected chi connectivity index (χ2v) is 7.93. The Kier molecular flexibility index (Phi) is 5.82. The van der Waals surface area contributed by atoms with Gasteiger partial charge in [-0.15, -0.1) is 0 Å². The number of nitrogens with two attached hydrogens (primary N) is 1. The molecule has 2 aromatic rings. The minimum absolute atomic E-state index is 0.123. The van der Waals surface area contributed by atoms with Crippen LogP contribution in [0.2, 0.25) is 0 Å². The number of alkyl halides is 1. The number of nitrogens with zero attached hydrogens (tertiary/aromatic N) is 1. The van der Waals surface area contributed by atoms with Crippen LogP contribution < -0.4 is 16.5 Å². The van der Waals surface area contributed by atoms with Gasteiger partial charge in [0.15, 0.2) is 5.03 Å². The number of benzene rings is 1. The Morgan fingerprint density at radius 2 is 2.21 bits per heavy atom.